The van der Waals surface area contributed by atoms with Crippen molar-refractivity contribution >= 4 is 5.78 Å². The first-order valence-corrected chi connectivity index (χ1v) is 3.82. The number of Topliss-reactive ketones (excluding diaryl/α,β-unsaturated/α-hetero) is 1. The minimum absolute atomic E-state index is 0.0112. The first-order valence-electron chi connectivity index (χ1n) is 3.82. The molecular formula is C8H16O3. The highest BCUT2D eigenvalue weighted by Crippen LogP contribution is 2.02. The zero-order valence-electron chi connectivity index (χ0n) is 7.39. The lowest BCUT2D eigenvalue weighted by Gasteiger charge is -2.14. The van der Waals surface area contributed by atoms with E-state index in [-0.39, 0.29) is 12.4 Å². The molecule has 0 aromatic rings. The van der Waals surface area contributed by atoms with Crippen LogP contribution in [0.5, 0.6) is 0 Å². The summed E-state index contributed by atoms with van der Waals surface area (Å²) in [5, 5.41) is 9.16. The summed E-state index contributed by atoms with van der Waals surface area (Å²) >= 11 is 0. The lowest BCUT2D eigenvalue weighted by atomic mass is 10.1. The van der Waals surface area contributed by atoms with Crippen LogP contribution < -0.4 is 0 Å². The van der Waals surface area contributed by atoms with Gasteiger partial charge in [0.2, 0.25) is 0 Å². The van der Waals surface area contributed by atoms with Crippen LogP contribution in [0.2, 0.25) is 0 Å². The third kappa shape index (κ3) is 4.93. The molecule has 0 spiro atoms. The second-order valence-electron chi connectivity index (χ2n) is 3.03. The van der Waals surface area contributed by atoms with Crippen molar-refractivity contribution in [2.24, 2.45) is 0 Å². The van der Waals surface area contributed by atoms with Gasteiger partial charge in [-0.05, 0) is 20.3 Å². The Morgan fingerprint density at radius 2 is 2.09 bits per heavy atom. The van der Waals surface area contributed by atoms with Crippen molar-refractivity contribution in [3.63, 3.8) is 0 Å². The van der Waals surface area contributed by atoms with Gasteiger partial charge >= 0.3 is 0 Å². The highest BCUT2D eigenvalue weighted by molar-refractivity contribution is 5.87. The number of hydrogen-bond acceptors (Lipinski definition) is 3. The van der Waals surface area contributed by atoms with E-state index in [9.17, 15) is 4.79 Å². The molecule has 0 unspecified atom stereocenters. The molecule has 0 aliphatic rings. The Morgan fingerprint density at radius 3 is 2.45 bits per heavy atom. The average molecular weight is 160 g/mol. The molecule has 11 heavy (non-hydrogen) atoms. The van der Waals surface area contributed by atoms with Gasteiger partial charge in [0.25, 0.3) is 0 Å². The van der Waals surface area contributed by atoms with Gasteiger partial charge in [-0.25, -0.2) is 0 Å². The third-order valence-electron chi connectivity index (χ3n) is 1.26. The molecule has 0 fully saturated rings. The summed E-state index contributed by atoms with van der Waals surface area (Å²) in [6.07, 6.45) is 0.888. The Morgan fingerprint density at radius 1 is 1.55 bits per heavy atom. The van der Waals surface area contributed by atoms with Gasteiger partial charge in [0, 0.05) is 6.61 Å². The van der Waals surface area contributed by atoms with Gasteiger partial charge in [-0.15, -0.1) is 0 Å². The molecule has 0 saturated heterocycles. The van der Waals surface area contributed by atoms with Crippen LogP contribution in [0.3, 0.4) is 0 Å². The molecule has 0 heterocycles. The summed E-state index contributed by atoms with van der Waals surface area (Å²) in [6.45, 7) is 5.48. The highest BCUT2D eigenvalue weighted by Gasteiger charge is 2.22. The Balaban J connectivity index is 3.54. The zero-order chi connectivity index (χ0) is 8.91. The quantitative estimate of drug-likeness (QED) is 0.604. The summed E-state index contributed by atoms with van der Waals surface area (Å²) in [5.74, 6) is -0.272. The normalized spacial score (nSPS) is 11.6. The molecule has 0 aromatic heterocycles. The fourth-order valence-electron chi connectivity index (χ4n) is 0.486. The van der Waals surface area contributed by atoms with Crippen molar-refractivity contribution in [2.45, 2.75) is 32.8 Å². The fourth-order valence-corrected chi connectivity index (χ4v) is 0.486. The minimum Gasteiger partial charge on any atom is -0.383 e. The number of rotatable bonds is 5. The first-order chi connectivity index (χ1) is 4.98. The van der Waals surface area contributed by atoms with Crippen molar-refractivity contribution < 1.29 is 14.6 Å². The summed E-state index contributed by atoms with van der Waals surface area (Å²) in [4.78, 5) is 11.0. The summed E-state index contributed by atoms with van der Waals surface area (Å²) in [5.41, 5.74) is -1.26. The second kappa shape index (κ2) is 4.46. The van der Waals surface area contributed by atoms with Gasteiger partial charge in [-0.2, -0.15) is 0 Å². The molecule has 0 atom stereocenters. The molecule has 0 saturated carbocycles. The SMILES string of the molecule is CCCOCC(=O)C(C)(C)O. The largest absolute Gasteiger partial charge is 0.383 e. The number of aliphatic hydroxyl groups is 1. The van der Waals surface area contributed by atoms with Crippen LogP contribution in [0.15, 0.2) is 0 Å². The van der Waals surface area contributed by atoms with Gasteiger partial charge in [0.15, 0.2) is 5.78 Å². The van der Waals surface area contributed by atoms with Crippen LogP contribution >= 0.6 is 0 Å². The molecule has 0 rings (SSSR count). The first kappa shape index (κ1) is 10.6. The monoisotopic (exact) mass is 160 g/mol. The Labute approximate surface area is 67.4 Å². The lowest BCUT2D eigenvalue weighted by molar-refractivity contribution is -0.138. The van der Waals surface area contributed by atoms with Gasteiger partial charge in [-0.3, -0.25) is 4.79 Å². The Bertz CT molecular complexity index is 124. The molecule has 0 bridgehead atoms. The Hall–Kier alpha value is -0.410. The molecule has 0 aromatic carbocycles. The van der Waals surface area contributed by atoms with E-state index in [4.69, 9.17) is 9.84 Å². The van der Waals surface area contributed by atoms with Gasteiger partial charge in [0.05, 0.1) is 0 Å². The molecule has 0 radical (unpaired) electrons. The van der Waals surface area contributed by atoms with E-state index in [1.807, 2.05) is 6.92 Å². The van der Waals surface area contributed by atoms with E-state index in [1.54, 1.807) is 0 Å². The maximum Gasteiger partial charge on any atom is 0.189 e. The molecule has 0 aliphatic carbocycles. The fraction of sp³-hybridized carbons (Fsp3) is 0.875. The molecule has 3 nitrogen and oxygen atoms in total. The topological polar surface area (TPSA) is 46.5 Å². The van der Waals surface area contributed by atoms with Crippen LogP contribution in [-0.2, 0) is 9.53 Å². The van der Waals surface area contributed by atoms with Gasteiger partial charge < -0.3 is 9.84 Å². The van der Waals surface area contributed by atoms with E-state index in [0.717, 1.165) is 6.42 Å². The smallest absolute Gasteiger partial charge is 0.189 e. The average Bonchev–Trinajstić information content (AvgIpc) is 1.86. The molecule has 66 valence electrons. The molecular weight excluding hydrogens is 144 g/mol. The molecule has 0 amide bonds. The lowest BCUT2D eigenvalue weighted by Crippen LogP contribution is -2.34. The van der Waals surface area contributed by atoms with Crippen LogP contribution in [-0.4, -0.2) is 29.7 Å². The number of carbonyl (C=O) groups is 1. The number of hydrogen-bond donors (Lipinski definition) is 1. The summed E-state index contributed by atoms with van der Waals surface area (Å²) in [7, 11) is 0. The zero-order valence-corrected chi connectivity index (χ0v) is 7.39. The van der Waals surface area contributed by atoms with Crippen LogP contribution in [0.25, 0.3) is 0 Å². The van der Waals surface area contributed by atoms with E-state index in [0.29, 0.717) is 6.61 Å². The number of ketones is 1. The van der Waals surface area contributed by atoms with Crippen LogP contribution in [0.1, 0.15) is 27.2 Å². The minimum atomic E-state index is -1.26. The maximum atomic E-state index is 11.0. The van der Waals surface area contributed by atoms with Gasteiger partial charge in [-0.1, -0.05) is 6.92 Å². The van der Waals surface area contributed by atoms with Crippen molar-refractivity contribution in [2.75, 3.05) is 13.2 Å². The number of carbonyl (C=O) groups excluding carboxylic acids is 1. The van der Waals surface area contributed by atoms with Crippen molar-refractivity contribution in [3.8, 4) is 0 Å². The van der Waals surface area contributed by atoms with E-state index >= 15 is 0 Å². The molecule has 1 N–H and O–H groups in total. The van der Waals surface area contributed by atoms with Crippen LogP contribution in [0, 0.1) is 0 Å². The van der Waals surface area contributed by atoms with E-state index < -0.39 is 5.60 Å². The molecule has 3 heteroatoms. The Kier molecular flexibility index (Phi) is 4.30. The second-order valence-corrected chi connectivity index (χ2v) is 3.03. The maximum absolute atomic E-state index is 11.0. The molecule has 0 aliphatic heterocycles. The highest BCUT2D eigenvalue weighted by atomic mass is 16.5. The van der Waals surface area contributed by atoms with Crippen molar-refractivity contribution in [1.29, 1.82) is 0 Å². The summed E-state index contributed by atoms with van der Waals surface area (Å²) < 4.78 is 4.96. The van der Waals surface area contributed by atoms with Crippen molar-refractivity contribution in [1.82, 2.24) is 0 Å². The predicted octanol–water partition coefficient (Wildman–Crippen LogP) is 0.753. The van der Waals surface area contributed by atoms with Crippen molar-refractivity contribution in [3.05, 3.63) is 0 Å². The van der Waals surface area contributed by atoms with Crippen LogP contribution in [0.4, 0.5) is 0 Å². The van der Waals surface area contributed by atoms with E-state index in [1.165, 1.54) is 13.8 Å². The predicted molar refractivity (Wildman–Crippen MR) is 42.4 cm³/mol. The summed E-state index contributed by atoms with van der Waals surface area (Å²) in [6, 6.07) is 0. The number of ether oxygens (including phenoxy) is 1. The standard InChI is InChI=1S/C8H16O3/c1-4-5-11-6-7(9)8(2,3)10/h10H,4-6H2,1-3H3. The van der Waals surface area contributed by atoms with E-state index in [2.05, 4.69) is 0 Å². The third-order valence-corrected chi connectivity index (χ3v) is 1.26. The van der Waals surface area contributed by atoms with Gasteiger partial charge in [0.1, 0.15) is 12.2 Å².